The Morgan fingerprint density at radius 3 is 2.62 bits per heavy atom. The highest BCUT2D eigenvalue weighted by Crippen LogP contribution is 2.20. The highest BCUT2D eigenvalue weighted by Gasteiger charge is 2.11. The van der Waals surface area contributed by atoms with Gasteiger partial charge in [-0.25, -0.2) is 0 Å². The molecule has 0 aliphatic heterocycles. The fourth-order valence-corrected chi connectivity index (χ4v) is 2.49. The average molecular weight is 379 g/mol. The summed E-state index contributed by atoms with van der Waals surface area (Å²) in [5.41, 5.74) is 8.23. The minimum atomic E-state index is -0.776. The monoisotopic (exact) mass is 378 g/mol. The topological polar surface area (TPSA) is 84.6 Å². The van der Waals surface area contributed by atoms with E-state index in [1.54, 1.807) is 6.07 Å². The minimum Gasteiger partial charge on any atom is -0.491 e. The molecule has 2 aromatic rings. The highest BCUT2D eigenvalue weighted by molar-refractivity contribution is 5.85. The summed E-state index contributed by atoms with van der Waals surface area (Å²) in [4.78, 5) is 12.0. The van der Waals surface area contributed by atoms with Gasteiger partial charge in [-0.2, -0.15) is 0 Å². The molecule has 2 rings (SSSR count). The van der Waals surface area contributed by atoms with Gasteiger partial charge in [0.15, 0.2) is 0 Å². The fourth-order valence-electron chi connectivity index (χ4n) is 2.49. The van der Waals surface area contributed by atoms with E-state index in [2.05, 4.69) is 5.32 Å². The summed E-state index contributed by atoms with van der Waals surface area (Å²) in [6.45, 7) is 4.06. The van der Waals surface area contributed by atoms with Gasteiger partial charge in [-0.15, -0.1) is 12.4 Å². The summed E-state index contributed by atoms with van der Waals surface area (Å²) in [5.74, 6) is 0.592. The molecule has 0 bridgehead atoms. The van der Waals surface area contributed by atoms with Crippen molar-refractivity contribution in [3.8, 4) is 5.75 Å². The van der Waals surface area contributed by atoms with Crippen LogP contribution in [-0.4, -0.2) is 23.7 Å². The number of benzene rings is 2. The zero-order chi connectivity index (χ0) is 18.2. The Labute approximate surface area is 161 Å². The molecule has 0 fully saturated rings. The van der Waals surface area contributed by atoms with Crippen LogP contribution < -0.4 is 15.8 Å². The molecule has 0 aliphatic rings. The van der Waals surface area contributed by atoms with Crippen molar-refractivity contribution < 1.29 is 14.6 Å². The van der Waals surface area contributed by atoms with E-state index in [1.807, 2.05) is 56.3 Å². The van der Waals surface area contributed by atoms with Crippen LogP contribution in [0.15, 0.2) is 48.5 Å². The van der Waals surface area contributed by atoms with Crippen molar-refractivity contribution in [1.82, 2.24) is 5.32 Å². The molecule has 0 aliphatic carbocycles. The Balaban J connectivity index is 0.00000338. The molecule has 1 atom stereocenters. The molecular weight excluding hydrogens is 352 g/mol. The number of rotatable bonds is 8. The molecule has 26 heavy (non-hydrogen) atoms. The van der Waals surface area contributed by atoms with Gasteiger partial charge >= 0.3 is 0 Å². The zero-order valence-electron chi connectivity index (χ0n) is 15.1. The van der Waals surface area contributed by atoms with E-state index in [-0.39, 0.29) is 31.0 Å². The Kier molecular flexibility index (Phi) is 8.96. The number of aryl methyl sites for hydroxylation is 1. The first-order valence-corrected chi connectivity index (χ1v) is 8.50. The molecule has 1 unspecified atom stereocenters. The standard InChI is InChI=1S/C20H26N2O3.ClH/c1-14(2)25-17-8-5-7-16(12-17)19(23)13-22-20(24)11-10-15-6-3-4-9-18(15)21;/h3-9,12,14,19,23H,10-11,13,21H2,1-2H3,(H,22,24);1H. The van der Waals surface area contributed by atoms with E-state index in [0.717, 1.165) is 5.56 Å². The summed E-state index contributed by atoms with van der Waals surface area (Å²) < 4.78 is 5.62. The Morgan fingerprint density at radius 2 is 1.92 bits per heavy atom. The van der Waals surface area contributed by atoms with Gasteiger partial charge in [-0.3, -0.25) is 4.79 Å². The van der Waals surface area contributed by atoms with Crippen molar-refractivity contribution in [1.29, 1.82) is 0 Å². The number of nitrogens with one attached hydrogen (secondary N) is 1. The number of para-hydroxylation sites is 1. The Bertz CT molecular complexity index is 707. The number of anilines is 1. The van der Waals surface area contributed by atoms with Crippen LogP contribution in [0.25, 0.3) is 0 Å². The molecule has 0 saturated heterocycles. The summed E-state index contributed by atoms with van der Waals surface area (Å²) in [6, 6.07) is 14.8. The molecule has 4 N–H and O–H groups in total. The van der Waals surface area contributed by atoms with Crippen LogP contribution in [0.4, 0.5) is 5.69 Å². The molecule has 0 heterocycles. The highest BCUT2D eigenvalue weighted by atomic mass is 35.5. The molecule has 142 valence electrons. The normalized spacial score (nSPS) is 11.5. The molecular formula is C20H27ClN2O3. The summed E-state index contributed by atoms with van der Waals surface area (Å²) in [7, 11) is 0. The van der Waals surface area contributed by atoms with E-state index in [4.69, 9.17) is 10.5 Å². The van der Waals surface area contributed by atoms with Gasteiger partial charge in [-0.1, -0.05) is 30.3 Å². The predicted octanol–water partition coefficient (Wildman–Crippen LogP) is 3.26. The van der Waals surface area contributed by atoms with E-state index in [1.165, 1.54) is 0 Å². The maximum Gasteiger partial charge on any atom is 0.220 e. The van der Waals surface area contributed by atoms with Gasteiger partial charge in [0.1, 0.15) is 5.75 Å². The molecule has 0 saturated carbocycles. The van der Waals surface area contributed by atoms with Gasteiger partial charge in [0.2, 0.25) is 5.91 Å². The Morgan fingerprint density at radius 1 is 1.19 bits per heavy atom. The van der Waals surface area contributed by atoms with Crippen molar-refractivity contribution in [3.05, 3.63) is 59.7 Å². The second kappa shape index (κ2) is 10.7. The number of carbonyl (C=O) groups is 1. The van der Waals surface area contributed by atoms with Crippen molar-refractivity contribution in [2.45, 2.75) is 38.9 Å². The number of hydrogen-bond donors (Lipinski definition) is 3. The lowest BCUT2D eigenvalue weighted by molar-refractivity contribution is -0.121. The van der Waals surface area contributed by atoms with Crippen molar-refractivity contribution in [2.75, 3.05) is 12.3 Å². The average Bonchev–Trinajstić information content (AvgIpc) is 2.58. The lowest BCUT2D eigenvalue weighted by atomic mass is 10.1. The summed E-state index contributed by atoms with van der Waals surface area (Å²) >= 11 is 0. The molecule has 0 radical (unpaired) electrons. The molecule has 1 amide bonds. The number of nitrogens with two attached hydrogens (primary N) is 1. The van der Waals surface area contributed by atoms with Crippen LogP contribution >= 0.6 is 12.4 Å². The molecule has 5 nitrogen and oxygen atoms in total. The van der Waals surface area contributed by atoms with Crippen LogP contribution in [0, 0.1) is 0 Å². The maximum atomic E-state index is 12.0. The number of aliphatic hydroxyl groups is 1. The molecule has 6 heteroatoms. The number of amides is 1. The van der Waals surface area contributed by atoms with E-state index >= 15 is 0 Å². The number of carbonyl (C=O) groups excluding carboxylic acids is 1. The second-order valence-corrected chi connectivity index (χ2v) is 6.26. The first kappa shape index (κ1) is 21.8. The van der Waals surface area contributed by atoms with Crippen LogP contribution in [0.3, 0.4) is 0 Å². The molecule has 0 spiro atoms. The Hall–Kier alpha value is -2.24. The number of hydrogen-bond acceptors (Lipinski definition) is 4. The summed E-state index contributed by atoms with van der Waals surface area (Å²) in [6.07, 6.45) is 0.197. The third-order valence-electron chi connectivity index (χ3n) is 3.78. The number of halogens is 1. The third-order valence-corrected chi connectivity index (χ3v) is 3.78. The van der Waals surface area contributed by atoms with Gasteiger partial charge in [0.25, 0.3) is 0 Å². The number of aliphatic hydroxyl groups excluding tert-OH is 1. The first-order chi connectivity index (χ1) is 12.0. The largest absolute Gasteiger partial charge is 0.491 e. The second-order valence-electron chi connectivity index (χ2n) is 6.26. The third kappa shape index (κ3) is 6.94. The maximum absolute atomic E-state index is 12.0. The van der Waals surface area contributed by atoms with Crippen LogP contribution in [0.5, 0.6) is 5.75 Å². The van der Waals surface area contributed by atoms with Crippen LogP contribution in [0.1, 0.15) is 37.5 Å². The SMILES string of the molecule is CC(C)Oc1cccc(C(O)CNC(=O)CCc2ccccc2N)c1.Cl. The summed E-state index contributed by atoms with van der Waals surface area (Å²) in [5, 5.41) is 13.0. The van der Waals surface area contributed by atoms with Crippen LogP contribution in [0.2, 0.25) is 0 Å². The number of nitrogen functional groups attached to an aromatic ring is 1. The van der Waals surface area contributed by atoms with Crippen LogP contribution in [-0.2, 0) is 11.2 Å². The van der Waals surface area contributed by atoms with Crippen molar-refractivity contribution in [3.63, 3.8) is 0 Å². The van der Waals surface area contributed by atoms with E-state index in [9.17, 15) is 9.90 Å². The smallest absolute Gasteiger partial charge is 0.220 e. The first-order valence-electron chi connectivity index (χ1n) is 8.50. The van der Waals surface area contributed by atoms with Crippen molar-refractivity contribution in [2.24, 2.45) is 0 Å². The van der Waals surface area contributed by atoms with E-state index in [0.29, 0.717) is 29.8 Å². The fraction of sp³-hybridized carbons (Fsp3) is 0.350. The molecule has 2 aromatic carbocycles. The van der Waals surface area contributed by atoms with Gasteiger partial charge < -0.3 is 20.9 Å². The lowest BCUT2D eigenvalue weighted by Crippen LogP contribution is -2.28. The van der Waals surface area contributed by atoms with Crippen molar-refractivity contribution >= 4 is 24.0 Å². The van der Waals surface area contributed by atoms with Gasteiger partial charge in [0.05, 0.1) is 12.2 Å². The predicted molar refractivity (Wildman–Crippen MR) is 107 cm³/mol. The minimum absolute atomic E-state index is 0. The zero-order valence-corrected chi connectivity index (χ0v) is 16.0. The van der Waals surface area contributed by atoms with E-state index < -0.39 is 6.10 Å². The van der Waals surface area contributed by atoms with Gasteiger partial charge in [-0.05, 0) is 49.6 Å². The van der Waals surface area contributed by atoms with Gasteiger partial charge in [0, 0.05) is 18.7 Å². The number of ether oxygens (including phenoxy) is 1. The lowest BCUT2D eigenvalue weighted by Gasteiger charge is -2.15. The molecule has 0 aromatic heterocycles. The quantitative estimate of drug-likeness (QED) is 0.615.